The molecule has 0 bridgehead atoms. The molecule has 1 atom stereocenters. The minimum atomic E-state index is -0.109. The van der Waals surface area contributed by atoms with Crippen molar-refractivity contribution in [2.45, 2.75) is 38.4 Å². The topological polar surface area (TPSA) is 87.5 Å². The van der Waals surface area contributed by atoms with E-state index >= 15 is 0 Å². The summed E-state index contributed by atoms with van der Waals surface area (Å²) in [6.07, 6.45) is 11.3. The predicted octanol–water partition coefficient (Wildman–Crippen LogP) is 4.59. The maximum absolute atomic E-state index is 12.6. The van der Waals surface area contributed by atoms with E-state index in [0.29, 0.717) is 18.7 Å². The van der Waals surface area contributed by atoms with Crippen molar-refractivity contribution in [3.63, 3.8) is 0 Å². The van der Waals surface area contributed by atoms with Crippen LogP contribution >= 0.6 is 0 Å². The summed E-state index contributed by atoms with van der Waals surface area (Å²) >= 11 is 0. The van der Waals surface area contributed by atoms with E-state index in [1.165, 1.54) is 18.1 Å². The Morgan fingerprint density at radius 3 is 2.62 bits per heavy atom. The molecule has 1 unspecified atom stereocenters. The number of aromatic nitrogens is 1. The molecule has 32 heavy (non-hydrogen) atoms. The molecule has 2 N–H and O–H groups in total. The summed E-state index contributed by atoms with van der Waals surface area (Å²) in [7, 11) is 0. The lowest BCUT2D eigenvalue weighted by Crippen LogP contribution is -2.35. The lowest BCUT2D eigenvalue weighted by atomic mass is 9.90. The van der Waals surface area contributed by atoms with Gasteiger partial charge in [0.05, 0.1) is 11.8 Å². The Labute approximate surface area is 186 Å². The van der Waals surface area contributed by atoms with Gasteiger partial charge in [0.1, 0.15) is 6.26 Å². The summed E-state index contributed by atoms with van der Waals surface area (Å²) in [5, 5.41) is 6.04. The molecule has 0 saturated heterocycles. The Kier molecular flexibility index (Phi) is 5.46. The number of urea groups is 1. The average Bonchev–Trinajstić information content (AvgIpc) is 3.50. The zero-order valence-electron chi connectivity index (χ0n) is 17.6. The van der Waals surface area contributed by atoms with Gasteiger partial charge in [-0.3, -0.25) is 9.78 Å². The molecule has 3 heterocycles. The first-order chi connectivity index (χ1) is 15.7. The Morgan fingerprint density at radius 2 is 1.91 bits per heavy atom. The van der Waals surface area contributed by atoms with E-state index in [1.807, 2.05) is 36.5 Å². The van der Waals surface area contributed by atoms with Crippen LogP contribution in [0.2, 0.25) is 0 Å². The van der Waals surface area contributed by atoms with Gasteiger partial charge >= 0.3 is 6.03 Å². The minimum Gasteiger partial charge on any atom is -0.472 e. The van der Waals surface area contributed by atoms with Gasteiger partial charge in [0.2, 0.25) is 0 Å². The summed E-state index contributed by atoms with van der Waals surface area (Å²) < 4.78 is 4.97. The van der Waals surface area contributed by atoms with Gasteiger partial charge in [-0.05, 0) is 65.8 Å². The normalized spacial score (nSPS) is 17.4. The SMILES string of the molecule is O=C(NC1CC=C(c2ccc(NC(=O)N3Cc4ccncc4C3)cc2)CC1)c1ccoc1. The van der Waals surface area contributed by atoms with Crippen LogP contribution in [0.3, 0.4) is 0 Å². The van der Waals surface area contributed by atoms with E-state index in [2.05, 4.69) is 21.7 Å². The van der Waals surface area contributed by atoms with Gasteiger partial charge in [-0.25, -0.2) is 4.79 Å². The lowest BCUT2D eigenvalue weighted by molar-refractivity contribution is 0.0934. The van der Waals surface area contributed by atoms with E-state index in [1.54, 1.807) is 17.2 Å². The first kappa shape index (κ1) is 20.1. The molecule has 1 aliphatic carbocycles. The number of rotatable bonds is 4. The van der Waals surface area contributed by atoms with Crippen molar-refractivity contribution in [2.24, 2.45) is 0 Å². The molecule has 0 spiro atoms. The largest absolute Gasteiger partial charge is 0.472 e. The first-order valence-corrected chi connectivity index (χ1v) is 10.8. The first-order valence-electron chi connectivity index (χ1n) is 10.8. The number of nitrogens with one attached hydrogen (secondary N) is 2. The van der Waals surface area contributed by atoms with Crippen LogP contribution in [0.5, 0.6) is 0 Å². The van der Waals surface area contributed by atoms with E-state index in [0.717, 1.165) is 41.6 Å². The van der Waals surface area contributed by atoms with E-state index in [-0.39, 0.29) is 18.0 Å². The van der Waals surface area contributed by atoms with E-state index < -0.39 is 0 Å². The molecule has 3 amide bonds. The number of benzene rings is 1. The Balaban J connectivity index is 1.15. The molecule has 5 rings (SSSR count). The number of fused-ring (bicyclic) bond motifs is 1. The van der Waals surface area contributed by atoms with Crippen LogP contribution in [-0.2, 0) is 13.1 Å². The zero-order chi connectivity index (χ0) is 21.9. The van der Waals surface area contributed by atoms with Gasteiger partial charge in [0.15, 0.2) is 0 Å². The van der Waals surface area contributed by atoms with Gasteiger partial charge in [-0.2, -0.15) is 0 Å². The Bertz CT molecular complexity index is 1130. The maximum Gasteiger partial charge on any atom is 0.322 e. The number of carbonyl (C=O) groups excluding carboxylic acids is 2. The highest BCUT2D eigenvalue weighted by atomic mass is 16.3. The van der Waals surface area contributed by atoms with Crippen molar-refractivity contribution in [1.29, 1.82) is 0 Å². The molecular formula is C25H24N4O3. The third-order valence-electron chi connectivity index (χ3n) is 6.05. The van der Waals surface area contributed by atoms with E-state index in [4.69, 9.17) is 4.42 Å². The van der Waals surface area contributed by atoms with Crippen LogP contribution in [0.15, 0.2) is 71.8 Å². The van der Waals surface area contributed by atoms with Crippen molar-refractivity contribution in [3.8, 4) is 0 Å². The molecule has 2 aliphatic rings. The summed E-state index contributed by atoms with van der Waals surface area (Å²) in [4.78, 5) is 30.7. The number of carbonyl (C=O) groups is 2. The summed E-state index contributed by atoms with van der Waals surface area (Å²) in [5.74, 6) is -0.0990. The van der Waals surface area contributed by atoms with Gasteiger partial charge in [-0.15, -0.1) is 0 Å². The highest BCUT2D eigenvalue weighted by Crippen LogP contribution is 2.28. The van der Waals surface area contributed by atoms with Crippen LogP contribution < -0.4 is 10.6 Å². The minimum absolute atomic E-state index is 0.0990. The fourth-order valence-corrected chi connectivity index (χ4v) is 4.22. The molecular weight excluding hydrogens is 404 g/mol. The third kappa shape index (κ3) is 4.27. The summed E-state index contributed by atoms with van der Waals surface area (Å²) in [5.41, 5.74) is 5.97. The van der Waals surface area contributed by atoms with Crippen molar-refractivity contribution >= 4 is 23.2 Å². The molecule has 1 aromatic carbocycles. The molecule has 7 heteroatoms. The number of hydrogen-bond donors (Lipinski definition) is 2. The smallest absolute Gasteiger partial charge is 0.322 e. The highest BCUT2D eigenvalue weighted by molar-refractivity contribution is 5.94. The molecule has 0 radical (unpaired) electrons. The molecule has 7 nitrogen and oxygen atoms in total. The number of anilines is 1. The molecule has 2 aromatic heterocycles. The third-order valence-corrected chi connectivity index (χ3v) is 6.05. The Hall–Kier alpha value is -3.87. The highest BCUT2D eigenvalue weighted by Gasteiger charge is 2.23. The molecule has 1 aliphatic heterocycles. The second-order valence-corrected chi connectivity index (χ2v) is 8.19. The van der Waals surface area contributed by atoms with Crippen molar-refractivity contribution < 1.29 is 14.0 Å². The van der Waals surface area contributed by atoms with Crippen LogP contribution in [0.4, 0.5) is 10.5 Å². The number of amides is 3. The summed E-state index contributed by atoms with van der Waals surface area (Å²) in [6, 6.07) is 11.6. The van der Waals surface area contributed by atoms with E-state index in [9.17, 15) is 9.59 Å². The molecule has 162 valence electrons. The van der Waals surface area contributed by atoms with Crippen LogP contribution in [-0.4, -0.2) is 27.9 Å². The maximum atomic E-state index is 12.6. The van der Waals surface area contributed by atoms with Crippen LogP contribution in [0.1, 0.15) is 46.3 Å². The number of furan rings is 1. The van der Waals surface area contributed by atoms with Crippen LogP contribution in [0, 0.1) is 0 Å². The fraction of sp³-hybridized carbons (Fsp3) is 0.240. The number of allylic oxidation sites excluding steroid dienone is 1. The monoisotopic (exact) mass is 428 g/mol. The lowest BCUT2D eigenvalue weighted by Gasteiger charge is -2.23. The van der Waals surface area contributed by atoms with Crippen LogP contribution in [0.25, 0.3) is 5.57 Å². The zero-order valence-corrected chi connectivity index (χ0v) is 17.6. The fourth-order valence-electron chi connectivity index (χ4n) is 4.22. The second-order valence-electron chi connectivity index (χ2n) is 8.19. The summed E-state index contributed by atoms with van der Waals surface area (Å²) in [6.45, 7) is 1.19. The number of nitrogens with zero attached hydrogens (tertiary/aromatic N) is 2. The predicted molar refractivity (Wildman–Crippen MR) is 121 cm³/mol. The number of hydrogen-bond acceptors (Lipinski definition) is 4. The average molecular weight is 428 g/mol. The standard InChI is InChI=1S/C25H24N4O3/c30-24(20-10-12-32-16-20)27-22-5-1-17(2-6-22)18-3-7-23(8-4-18)28-25(31)29-14-19-9-11-26-13-21(19)15-29/h1,3-4,7-13,16,22H,2,5-6,14-15H2,(H,27,30)(H,28,31). The number of pyridine rings is 1. The van der Waals surface area contributed by atoms with Gasteiger partial charge in [-0.1, -0.05) is 18.2 Å². The second kappa shape index (κ2) is 8.70. The van der Waals surface area contributed by atoms with Gasteiger partial charge in [0.25, 0.3) is 5.91 Å². The van der Waals surface area contributed by atoms with Crippen molar-refractivity contribution in [3.05, 3.63) is 89.6 Å². The van der Waals surface area contributed by atoms with Crippen molar-refractivity contribution in [2.75, 3.05) is 5.32 Å². The quantitative estimate of drug-likeness (QED) is 0.636. The molecule has 0 saturated carbocycles. The molecule has 0 fully saturated rings. The van der Waals surface area contributed by atoms with Gasteiger partial charge in [0, 0.05) is 37.2 Å². The van der Waals surface area contributed by atoms with Crippen molar-refractivity contribution in [1.82, 2.24) is 15.2 Å². The van der Waals surface area contributed by atoms with Gasteiger partial charge < -0.3 is 20.0 Å². The molecule has 3 aromatic rings. The Morgan fingerprint density at radius 1 is 1.06 bits per heavy atom.